The van der Waals surface area contributed by atoms with Crippen molar-refractivity contribution in [1.82, 2.24) is 5.32 Å². The summed E-state index contributed by atoms with van der Waals surface area (Å²) in [6, 6.07) is 0.565. The van der Waals surface area contributed by atoms with Crippen LogP contribution in [0.15, 0.2) is 0 Å². The van der Waals surface area contributed by atoms with E-state index in [4.69, 9.17) is 9.47 Å². The second-order valence-corrected chi connectivity index (χ2v) is 3.80. The van der Waals surface area contributed by atoms with Crippen molar-refractivity contribution in [3.8, 4) is 0 Å². The number of nitrogens with one attached hydrogen (secondary N) is 1. The standard InChI is InChI=1S/C11H21NO3/c1-2-15-11(13)6-4-3-5-7-12-10-8-14-9-10/h10,12H,2-9H2,1H3. The average molecular weight is 215 g/mol. The van der Waals surface area contributed by atoms with E-state index in [9.17, 15) is 4.79 Å². The lowest BCUT2D eigenvalue weighted by atomic mass is 10.2. The summed E-state index contributed by atoms with van der Waals surface area (Å²) in [5.41, 5.74) is 0. The maximum Gasteiger partial charge on any atom is 0.305 e. The Morgan fingerprint density at radius 1 is 1.40 bits per heavy atom. The summed E-state index contributed by atoms with van der Waals surface area (Å²) in [4.78, 5) is 11.0. The van der Waals surface area contributed by atoms with Crippen LogP contribution >= 0.6 is 0 Å². The van der Waals surface area contributed by atoms with Crippen molar-refractivity contribution in [2.24, 2.45) is 0 Å². The smallest absolute Gasteiger partial charge is 0.305 e. The van der Waals surface area contributed by atoms with Gasteiger partial charge < -0.3 is 14.8 Å². The topological polar surface area (TPSA) is 47.6 Å². The largest absolute Gasteiger partial charge is 0.466 e. The Balaban J connectivity index is 1.78. The number of hydrogen-bond acceptors (Lipinski definition) is 4. The predicted molar refractivity (Wildman–Crippen MR) is 57.7 cm³/mol. The van der Waals surface area contributed by atoms with Crippen LogP contribution in [0.4, 0.5) is 0 Å². The molecule has 0 aromatic heterocycles. The van der Waals surface area contributed by atoms with Crippen LogP contribution in [0.3, 0.4) is 0 Å². The van der Waals surface area contributed by atoms with E-state index in [0.717, 1.165) is 39.0 Å². The average Bonchev–Trinajstić information content (AvgIpc) is 2.14. The van der Waals surface area contributed by atoms with E-state index in [1.54, 1.807) is 0 Å². The fourth-order valence-electron chi connectivity index (χ4n) is 1.46. The number of carbonyl (C=O) groups is 1. The van der Waals surface area contributed by atoms with Gasteiger partial charge >= 0.3 is 5.97 Å². The molecule has 0 atom stereocenters. The maximum absolute atomic E-state index is 11.0. The van der Waals surface area contributed by atoms with Crippen molar-refractivity contribution in [2.75, 3.05) is 26.4 Å². The van der Waals surface area contributed by atoms with E-state index >= 15 is 0 Å². The van der Waals surface area contributed by atoms with Gasteiger partial charge in [-0.2, -0.15) is 0 Å². The van der Waals surface area contributed by atoms with Gasteiger partial charge in [0.15, 0.2) is 0 Å². The molecule has 1 N–H and O–H groups in total. The van der Waals surface area contributed by atoms with E-state index in [0.29, 0.717) is 19.1 Å². The van der Waals surface area contributed by atoms with Gasteiger partial charge in [0.1, 0.15) is 0 Å². The summed E-state index contributed by atoms with van der Waals surface area (Å²) in [5, 5.41) is 3.39. The minimum absolute atomic E-state index is 0.0714. The van der Waals surface area contributed by atoms with Gasteiger partial charge in [0, 0.05) is 6.42 Å². The van der Waals surface area contributed by atoms with Crippen LogP contribution in [0, 0.1) is 0 Å². The molecule has 1 saturated heterocycles. The number of esters is 1. The first-order chi connectivity index (χ1) is 7.33. The van der Waals surface area contributed by atoms with Crippen molar-refractivity contribution in [3.63, 3.8) is 0 Å². The van der Waals surface area contributed by atoms with Crippen LogP contribution in [0.5, 0.6) is 0 Å². The minimum Gasteiger partial charge on any atom is -0.466 e. The molecule has 0 aromatic carbocycles. The molecule has 15 heavy (non-hydrogen) atoms. The number of rotatable bonds is 8. The van der Waals surface area contributed by atoms with Crippen LogP contribution in [-0.4, -0.2) is 38.4 Å². The highest BCUT2D eigenvalue weighted by molar-refractivity contribution is 5.69. The number of unbranched alkanes of at least 4 members (excludes halogenated alkanes) is 2. The summed E-state index contributed by atoms with van der Waals surface area (Å²) < 4.78 is 9.89. The molecule has 1 aliphatic heterocycles. The monoisotopic (exact) mass is 215 g/mol. The van der Waals surface area contributed by atoms with Crippen LogP contribution in [-0.2, 0) is 14.3 Å². The van der Waals surface area contributed by atoms with Gasteiger partial charge in [-0.3, -0.25) is 4.79 Å². The van der Waals surface area contributed by atoms with Gasteiger partial charge in [0.2, 0.25) is 0 Å². The highest BCUT2D eigenvalue weighted by Crippen LogP contribution is 2.03. The number of ether oxygens (including phenoxy) is 2. The summed E-state index contributed by atoms with van der Waals surface area (Å²) in [5.74, 6) is -0.0714. The first-order valence-electron chi connectivity index (χ1n) is 5.79. The van der Waals surface area contributed by atoms with Gasteiger partial charge in [0.05, 0.1) is 25.9 Å². The van der Waals surface area contributed by atoms with Crippen molar-refractivity contribution in [2.45, 2.75) is 38.6 Å². The molecule has 88 valence electrons. The third-order valence-electron chi connectivity index (χ3n) is 2.43. The fourth-order valence-corrected chi connectivity index (χ4v) is 1.46. The highest BCUT2D eigenvalue weighted by Gasteiger charge is 2.16. The van der Waals surface area contributed by atoms with Crippen LogP contribution in [0.2, 0.25) is 0 Å². The first-order valence-corrected chi connectivity index (χ1v) is 5.79. The molecule has 0 amide bonds. The zero-order valence-electron chi connectivity index (χ0n) is 9.46. The van der Waals surface area contributed by atoms with Crippen molar-refractivity contribution < 1.29 is 14.3 Å². The molecule has 1 rings (SSSR count). The Morgan fingerprint density at radius 3 is 2.80 bits per heavy atom. The van der Waals surface area contributed by atoms with Crippen molar-refractivity contribution >= 4 is 5.97 Å². The van der Waals surface area contributed by atoms with Crippen molar-refractivity contribution in [1.29, 1.82) is 0 Å². The van der Waals surface area contributed by atoms with Gasteiger partial charge in [-0.1, -0.05) is 6.42 Å². The summed E-state index contributed by atoms with van der Waals surface area (Å²) in [7, 11) is 0. The molecular weight excluding hydrogens is 194 g/mol. The second kappa shape index (κ2) is 7.65. The lowest BCUT2D eigenvalue weighted by molar-refractivity contribution is -0.143. The first kappa shape index (κ1) is 12.5. The zero-order chi connectivity index (χ0) is 10.9. The highest BCUT2D eigenvalue weighted by atomic mass is 16.5. The molecule has 0 spiro atoms. The quantitative estimate of drug-likeness (QED) is 0.486. The Morgan fingerprint density at radius 2 is 2.20 bits per heavy atom. The lowest BCUT2D eigenvalue weighted by Gasteiger charge is -2.26. The Labute approximate surface area is 91.3 Å². The van der Waals surface area contributed by atoms with E-state index in [-0.39, 0.29) is 5.97 Å². The SMILES string of the molecule is CCOC(=O)CCCCCNC1COC1. The van der Waals surface area contributed by atoms with Gasteiger partial charge in [-0.15, -0.1) is 0 Å². The van der Waals surface area contributed by atoms with Crippen LogP contribution in [0.25, 0.3) is 0 Å². The molecule has 0 saturated carbocycles. The molecule has 0 radical (unpaired) electrons. The second-order valence-electron chi connectivity index (χ2n) is 3.80. The van der Waals surface area contributed by atoms with Gasteiger partial charge in [0.25, 0.3) is 0 Å². The van der Waals surface area contributed by atoms with Crippen molar-refractivity contribution in [3.05, 3.63) is 0 Å². The fraction of sp³-hybridized carbons (Fsp3) is 0.909. The Kier molecular flexibility index (Phi) is 6.36. The molecule has 0 aliphatic carbocycles. The summed E-state index contributed by atoms with van der Waals surface area (Å²) in [6.07, 6.45) is 3.69. The zero-order valence-corrected chi connectivity index (χ0v) is 9.46. The summed E-state index contributed by atoms with van der Waals surface area (Å²) >= 11 is 0. The predicted octanol–water partition coefficient (Wildman–Crippen LogP) is 1.10. The molecule has 4 heteroatoms. The Bertz CT molecular complexity index is 181. The number of hydrogen-bond donors (Lipinski definition) is 1. The molecule has 1 heterocycles. The molecule has 0 bridgehead atoms. The van der Waals surface area contributed by atoms with Gasteiger partial charge in [-0.05, 0) is 26.3 Å². The lowest BCUT2D eigenvalue weighted by Crippen LogP contribution is -2.46. The number of carbonyl (C=O) groups excluding carboxylic acids is 1. The van der Waals surface area contributed by atoms with E-state index in [2.05, 4.69) is 5.32 Å². The molecule has 1 aliphatic rings. The third kappa shape index (κ3) is 5.74. The molecule has 4 nitrogen and oxygen atoms in total. The summed E-state index contributed by atoms with van der Waals surface area (Å²) in [6.45, 7) is 5.05. The Hall–Kier alpha value is -0.610. The van der Waals surface area contributed by atoms with E-state index in [1.165, 1.54) is 0 Å². The van der Waals surface area contributed by atoms with E-state index < -0.39 is 0 Å². The minimum atomic E-state index is -0.0714. The normalized spacial score (nSPS) is 16.1. The third-order valence-corrected chi connectivity index (χ3v) is 2.43. The molecule has 1 fully saturated rings. The molecule has 0 aromatic rings. The van der Waals surface area contributed by atoms with Gasteiger partial charge in [-0.25, -0.2) is 0 Å². The van der Waals surface area contributed by atoms with Crippen LogP contribution in [0.1, 0.15) is 32.6 Å². The molecule has 0 unspecified atom stereocenters. The van der Waals surface area contributed by atoms with Crippen LogP contribution < -0.4 is 5.32 Å². The molecular formula is C11H21NO3. The maximum atomic E-state index is 11.0. The van der Waals surface area contributed by atoms with E-state index in [1.807, 2.05) is 6.92 Å².